The molecular formula is C23H27NO3. The van der Waals surface area contributed by atoms with Crippen molar-refractivity contribution in [2.75, 3.05) is 32.2 Å². The Morgan fingerprint density at radius 1 is 1.00 bits per heavy atom. The van der Waals surface area contributed by atoms with Crippen LogP contribution in [0.5, 0.6) is 11.5 Å². The number of benzene rings is 2. The summed E-state index contributed by atoms with van der Waals surface area (Å²) in [6.07, 6.45) is 5.75. The maximum absolute atomic E-state index is 5.82. The first-order chi connectivity index (χ1) is 13.3. The normalized spacial score (nSPS) is 22.7. The minimum absolute atomic E-state index is 0.299. The molecule has 4 heteroatoms. The van der Waals surface area contributed by atoms with Crippen LogP contribution in [-0.2, 0) is 4.74 Å². The van der Waals surface area contributed by atoms with Crippen LogP contribution in [0.15, 0.2) is 54.6 Å². The summed E-state index contributed by atoms with van der Waals surface area (Å²) in [7, 11) is 1.69. The van der Waals surface area contributed by atoms with Gasteiger partial charge in [-0.25, -0.2) is 0 Å². The van der Waals surface area contributed by atoms with E-state index in [-0.39, 0.29) is 0 Å². The minimum atomic E-state index is 0.299. The van der Waals surface area contributed by atoms with Gasteiger partial charge in [-0.2, -0.15) is 0 Å². The van der Waals surface area contributed by atoms with E-state index in [4.69, 9.17) is 14.2 Å². The fourth-order valence-corrected chi connectivity index (χ4v) is 4.17. The molecule has 0 aromatic heterocycles. The Balaban J connectivity index is 1.58. The van der Waals surface area contributed by atoms with Gasteiger partial charge in [0.25, 0.3) is 0 Å². The summed E-state index contributed by atoms with van der Waals surface area (Å²) in [5, 5.41) is 3.77. The van der Waals surface area contributed by atoms with E-state index in [1.807, 2.05) is 13.0 Å². The van der Waals surface area contributed by atoms with E-state index in [1.165, 1.54) is 16.8 Å². The number of hydrogen-bond donors (Lipinski definition) is 1. The van der Waals surface area contributed by atoms with Gasteiger partial charge in [-0.1, -0.05) is 24.3 Å². The Labute approximate surface area is 161 Å². The third-order valence-corrected chi connectivity index (χ3v) is 5.44. The number of anilines is 1. The number of rotatable bonds is 7. The molecule has 1 heterocycles. The number of hydrogen-bond acceptors (Lipinski definition) is 4. The van der Waals surface area contributed by atoms with Crippen molar-refractivity contribution in [1.29, 1.82) is 0 Å². The highest BCUT2D eigenvalue weighted by atomic mass is 16.5. The number of fused-ring (bicyclic) bond motifs is 3. The van der Waals surface area contributed by atoms with Gasteiger partial charge in [-0.3, -0.25) is 0 Å². The maximum atomic E-state index is 5.82. The topological polar surface area (TPSA) is 39.7 Å². The second kappa shape index (κ2) is 8.05. The average Bonchev–Trinajstić information content (AvgIpc) is 3.19. The molecule has 1 aliphatic carbocycles. The van der Waals surface area contributed by atoms with Crippen molar-refractivity contribution < 1.29 is 14.2 Å². The molecule has 4 nitrogen and oxygen atoms in total. The molecule has 1 N–H and O–H groups in total. The summed E-state index contributed by atoms with van der Waals surface area (Å²) in [6.45, 7) is 3.87. The fraction of sp³-hybridized carbons (Fsp3) is 0.391. The molecule has 0 amide bonds. The van der Waals surface area contributed by atoms with Gasteiger partial charge in [0.2, 0.25) is 0 Å². The number of methoxy groups -OCH3 is 1. The summed E-state index contributed by atoms with van der Waals surface area (Å²) in [5.41, 5.74) is 3.83. The van der Waals surface area contributed by atoms with E-state index < -0.39 is 0 Å². The summed E-state index contributed by atoms with van der Waals surface area (Å²) >= 11 is 0. The van der Waals surface area contributed by atoms with Gasteiger partial charge in [-0.05, 0) is 60.7 Å². The van der Waals surface area contributed by atoms with Crippen molar-refractivity contribution >= 4 is 5.69 Å². The van der Waals surface area contributed by atoms with Gasteiger partial charge in [0.05, 0.1) is 19.3 Å². The maximum Gasteiger partial charge on any atom is 0.119 e. The Kier molecular flexibility index (Phi) is 5.35. The molecule has 0 spiro atoms. The summed E-state index contributed by atoms with van der Waals surface area (Å²) < 4.78 is 16.5. The van der Waals surface area contributed by atoms with Crippen LogP contribution in [0.25, 0.3) is 0 Å². The van der Waals surface area contributed by atoms with E-state index in [1.54, 1.807) is 7.11 Å². The first-order valence-corrected chi connectivity index (χ1v) is 9.71. The summed E-state index contributed by atoms with van der Waals surface area (Å²) in [6, 6.07) is 15.2. The molecule has 2 aromatic rings. The predicted octanol–water partition coefficient (Wildman–Crippen LogP) is 4.94. The second-order valence-electron chi connectivity index (χ2n) is 7.07. The van der Waals surface area contributed by atoms with E-state index in [0.29, 0.717) is 37.7 Å². The Hall–Kier alpha value is -2.46. The largest absolute Gasteiger partial charge is 0.494 e. The SMILES string of the molecule is CCOc1ccc(C2Nc3ccc(OCCOC)cc3C3C=CCC32)cc1. The van der Waals surface area contributed by atoms with Crippen LogP contribution in [0.2, 0.25) is 0 Å². The lowest BCUT2D eigenvalue weighted by Gasteiger charge is -2.37. The van der Waals surface area contributed by atoms with Crippen molar-refractivity contribution in [2.24, 2.45) is 5.92 Å². The lowest BCUT2D eigenvalue weighted by atomic mass is 9.77. The van der Waals surface area contributed by atoms with Crippen LogP contribution in [-0.4, -0.2) is 26.9 Å². The van der Waals surface area contributed by atoms with Crippen LogP contribution in [0.4, 0.5) is 5.69 Å². The van der Waals surface area contributed by atoms with E-state index in [0.717, 1.165) is 17.9 Å². The number of allylic oxidation sites excluding steroid dienone is 2. The van der Waals surface area contributed by atoms with Crippen LogP contribution < -0.4 is 14.8 Å². The third kappa shape index (κ3) is 3.67. The molecule has 1 aliphatic heterocycles. The fourth-order valence-electron chi connectivity index (χ4n) is 4.17. The lowest BCUT2D eigenvalue weighted by molar-refractivity contribution is 0.146. The van der Waals surface area contributed by atoms with Crippen molar-refractivity contribution in [2.45, 2.75) is 25.3 Å². The molecule has 27 heavy (non-hydrogen) atoms. The van der Waals surface area contributed by atoms with Gasteiger partial charge in [0.15, 0.2) is 0 Å². The quantitative estimate of drug-likeness (QED) is 0.557. The first-order valence-electron chi connectivity index (χ1n) is 9.71. The van der Waals surface area contributed by atoms with Crippen LogP contribution >= 0.6 is 0 Å². The lowest BCUT2D eigenvalue weighted by Crippen LogP contribution is -2.29. The summed E-state index contributed by atoms with van der Waals surface area (Å²) in [4.78, 5) is 0. The molecule has 142 valence electrons. The first kappa shape index (κ1) is 17.9. The molecular weight excluding hydrogens is 338 g/mol. The zero-order valence-corrected chi connectivity index (χ0v) is 16.0. The Bertz CT molecular complexity index is 800. The molecule has 0 fully saturated rings. The molecule has 0 saturated heterocycles. The minimum Gasteiger partial charge on any atom is -0.494 e. The van der Waals surface area contributed by atoms with Crippen molar-refractivity contribution in [1.82, 2.24) is 0 Å². The highest BCUT2D eigenvalue weighted by Gasteiger charge is 2.38. The van der Waals surface area contributed by atoms with Crippen molar-refractivity contribution in [3.63, 3.8) is 0 Å². The van der Waals surface area contributed by atoms with Crippen LogP contribution in [0, 0.1) is 5.92 Å². The molecule has 3 unspecified atom stereocenters. The molecule has 2 aliphatic rings. The molecule has 0 bridgehead atoms. The zero-order valence-electron chi connectivity index (χ0n) is 16.0. The molecule has 4 rings (SSSR count). The Morgan fingerprint density at radius 3 is 2.59 bits per heavy atom. The van der Waals surface area contributed by atoms with Crippen LogP contribution in [0.1, 0.15) is 36.4 Å². The Morgan fingerprint density at radius 2 is 1.81 bits per heavy atom. The standard InChI is InChI=1S/C23H27NO3/c1-3-26-17-9-7-16(8-10-17)23-20-6-4-5-19(20)21-15-18(27-14-13-25-2)11-12-22(21)24-23/h4-5,7-12,15,19-20,23-24H,3,6,13-14H2,1-2H3. The zero-order chi connectivity index (χ0) is 18.6. The smallest absolute Gasteiger partial charge is 0.119 e. The van der Waals surface area contributed by atoms with E-state index >= 15 is 0 Å². The van der Waals surface area contributed by atoms with Crippen molar-refractivity contribution in [3.8, 4) is 11.5 Å². The van der Waals surface area contributed by atoms with E-state index in [2.05, 4.69) is 53.9 Å². The third-order valence-electron chi connectivity index (χ3n) is 5.44. The molecule has 3 atom stereocenters. The number of ether oxygens (including phenoxy) is 3. The number of nitrogens with one attached hydrogen (secondary N) is 1. The molecule has 0 saturated carbocycles. The average molecular weight is 365 g/mol. The molecule has 2 aromatic carbocycles. The van der Waals surface area contributed by atoms with E-state index in [9.17, 15) is 0 Å². The summed E-state index contributed by atoms with van der Waals surface area (Å²) in [5.74, 6) is 2.77. The van der Waals surface area contributed by atoms with Gasteiger partial charge < -0.3 is 19.5 Å². The van der Waals surface area contributed by atoms with Crippen LogP contribution in [0.3, 0.4) is 0 Å². The van der Waals surface area contributed by atoms with Gasteiger partial charge in [0.1, 0.15) is 18.1 Å². The highest BCUT2D eigenvalue weighted by molar-refractivity contribution is 5.61. The monoisotopic (exact) mass is 365 g/mol. The van der Waals surface area contributed by atoms with Gasteiger partial charge >= 0.3 is 0 Å². The van der Waals surface area contributed by atoms with Crippen molar-refractivity contribution in [3.05, 3.63) is 65.7 Å². The van der Waals surface area contributed by atoms with Gasteiger partial charge in [-0.15, -0.1) is 0 Å². The second-order valence-corrected chi connectivity index (χ2v) is 7.07. The predicted molar refractivity (Wildman–Crippen MR) is 108 cm³/mol. The van der Waals surface area contributed by atoms with Gasteiger partial charge in [0, 0.05) is 18.7 Å². The highest BCUT2D eigenvalue weighted by Crippen LogP contribution is 2.50. The molecule has 0 radical (unpaired) electrons.